The number of pyridine rings is 1. The lowest BCUT2D eigenvalue weighted by Crippen LogP contribution is -2.44. The Morgan fingerprint density at radius 1 is 1.37 bits per heavy atom. The fourth-order valence-electron chi connectivity index (χ4n) is 2.68. The smallest absolute Gasteiger partial charge is 0.132 e. The Morgan fingerprint density at radius 2 is 2.16 bits per heavy atom. The Balaban J connectivity index is 1.79. The maximum atomic E-state index is 4.67. The van der Waals surface area contributed by atoms with Crippen LogP contribution in [0.3, 0.4) is 0 Å². The van der Waals surface area contributed by atoms with Crippen LogP contribution in [0.15, 0.2) is 22.9 Å². The van der Waals surface area contributed by atoms with Crippen LogP contribution in [-0.2, 0) is 6.42 Å². The summed E-state index contributed by atoms with van der Waals surface area (Å²) in [6.45, 7) is 7.70. The van der Waals surface area contributed by atoms with Gasteiger partial charge in [-0.25, -0.2) is 4.98 Å². The summed E-state index contributed by atoms with van der Waals surface area (Å²) in [6, 6.07) is 4.21. The molecule has 0 unspecified atom stereocenters. The number of halogens is 1. The predicted octanol–water partition coefficient (Wildman–Crippen LogP) is 1.85. The van der Waals surface area contributed by atoms with Gasteiger partial charge in [-0.1, -0.05) is 6.07 Å². The zero-order valence-corrected chi connectivity index (χ0v) is 12.8. The molecule has 0 atom stereocenters. The summed E-state index contributed by atoms with van der Waals surface area (Å²) in [5.41, 5.74) is 2.45. The molecule has 0 saturated carbocycles. The molecule has 1 saturated heterocycles. The summed E-state index contributed by atoms with van der Waals surface area (Å²) < 4.78 is 3.17. The number of piperazine rings is 1. The summed E-state index contributed by atoms with van der Waals surface area (Å²) in [4.78, 5) is 7.17. The van der Waals surface area contributed by atoms with E-state index in [0.717, 1.165) is 49.6 Å². The molecule has 0 aliphatic carbocycles. The van der Waals surface area contributed by atoms with Crippen molar-refractivity contribution in [2.75, 3.05) is 32.7 Å². The fraction of sp³-hybridized carbons (Fsp3) is 0.500. The van der Waals surface area contributed by atoms with Gasteiger partial charge in [-0.3, -0.25) is 0 Å². The first-order valence-electron chi connectivity index (χ1n) is 6.81. The molecule has 19 heavy (non-hydrogen) atoms. The quantitative estimate of drug-likeness (QED) is 0.936. The summed E-state index contributed by atoms with van der Waals surface area (Å²) in [7, 11) is 0. The van der Waals surface area contributed by atoms with E-state index in [1.54, 1.807) is 0 Å². The number of nitrogens with zero attached hydrogens (tertiary/aromatic N) is 3. The standard InChI is InChI=1S/C14H19BrN4/c1-11-3-2-7-19-12(17-14(15)13(11)19)4-8-18-9-5-16-6-10-18/h2-3,7,16H,4-6,8-10H2,1H3. The Morgan fingerprint density at radius 3 is 2.95 bits per heavy atom. The number of nitrogens with one attached hydrogen (secondary N) is 1. The predicted molar refractivity (Wildman–Crippen MR) is 80.6 cm³/mol. The first kappa shape index (κ1) is 13.1. The number of hydrogen-bond acceptors (Lipinski definition) is 3. The molecule has 0 radical (unpaired) electrons. The number of hydrogen-bond donors (Lipinski definition) is 1. The molecule has 0 spiro atoms. The van der Waals surface area contributed by atoms with E-state index in [-0.39, 0.29) is 0 Å². The molecule has 3 rings (SSSR count). The normalized spacial score (nSPS) is 17.2. The van der Waals surface area contributed by atoms with Gasteiger partial charge in [0.05, 0.1) is 5.52 Å². The number of aryl methyl sites for hydroxylation is 1. The molecule has 2 aromatic heterocycles. The van der Waals surface area contributed by atoms with Crippen molar-refractivity contribution in [1.82, 2.24) is 19.6 Å². The van der Waals surface area contributed by atoms with Crippen LogP contribution in [0.2, 0.25) is 0 Å². The Kier molecular flexibility index (Phi) is 3.86. The molecule has 1 N–H and O–H groups in total. The van der Waals surface area contributed by atoms with Crippen molar-refractivity contribution in [3.8, 4) is 0 Å². The van der Waals surface area contributed by atoms with Crippen LogP contribution in [0.25, 0.3) is 5.52 Å². The van der Waals surface area contributed by atoms with Gasteiger partial charge in [-0.05, 0) is 34.5 Å². The monoisotopic (exact) mass is 322 g/mol. The minimum absolute atomic E-state index is 0.959. The number of fused-ring (bicyclic) bond motifs is 1. The summed E-state index contributed by atoms with van der Waals surface area (Å²) in [6.07, 6.45) is 3.10. The Bertz CT molecular complexity index is 572. The van der Waals surface area contributed by atoms with Gasteiger partial charge in [0.2, 0.25) is 0 Å². The fourth-order valence-corrected chi connectivity index (χ4v) is 3.39. The Hall–Kier alpha value is -0.910. The zero-order valence-electron chi connectivity index (χ0n) is 11.2. The van der Waals surface area contributed by atoms with Crippen molar-refractivity contribution in [2.45, 2.75) is 13.3 Å². The SMILES string of the molecule is Cc1cccn2c(CCN3CCNCC3)nc(Br)c12. The molecular formula is C14H19BrN4. The third-order valence-corrected chi connectivity index (χ3v) is 4.31. The molecule has 1 fully saturated rings. The van der Waals surface area contributed by atoms with Gasteiger partial charge in [-0.15, -0.1) is 0 Å². The second-order valence-corrected chi connectivity index (χ2v) is 5.82. The van der Waals surface area contributed by atoms with Crippen LogP contribution in [0.1, 0.15) is 11.4 Å². The zero-order chi connectivity index (χ0) is 13.2. The van der Waals surface area contributed by atoms with Crippen LogP contribution in [0, 0.1) is 6.92 Å². The largest absolute Gasteiger partial charge is 0.314 e. The molecular weight excluding hydrogens is 304 g/mol. The van der Waals surface area contributed by atoms with E-state index in [2.05, 4.69) is 60.8 Å². The number of rotatable bonds is 3. The van der Waals surface area contributed by atoms with Crippen molar-refractivity contribution in [3.05, 3.63) is 34.3 Å². The lowest BCUT2D eigenvalue weighted by atomic mass is 10.2. The van der Waals surface area contributed by atoms with E-state index < -0.39 is 0 Å². The molecule has 0 bridgehead atoms. The molecule has 1 aliphatic heterocycles. The maximum absolute atomic E-state index is 4.67. The number of imidazole rings is 1. The van der Waals surface area contributed by atoms with Crippen molar-refractivity contribution < 1.29 is 0 Å². The maximum Gasteiger partial charge on any atom is 0.132 e. The van der Waals surface area contributed by atoms with Crippen molar-refractivity contribution in [1.29, 1.82) is 0 Å². The lowest BCUT2D eigenvalue weighted by molar-refractivity contribution is 0.242. The first-order valence-corrected chi connectivity index (χ1v) is 7.60. The van der Waals surface area contributed by atoms with E-state index in [1.807, 2.05) is 0 Å². The highest BCUT2D eigenvalue weighted by atomic mass is 79.9. The Labute approximate surface area is 121 Å². The lowest BCUT2D eigenvalue weighted by Gasteiger charge is -2.26. The molecule has 1 aliphatic rings. The highest BCUT2D eigenvalue weighted by Crippen LogP contribution is 2.22. The third kappa shape index (κ3) is 2.68. The molecule has 2 aromatic rings. The minimum atomic E-state index is 0.959. The molecule has 5 heteroatoms. The minimum Gasteiger partial charge on any atom is -0.314 e. The van der Waals surface area contributed by atoms with E-state index in [4.69, 9.17) is 0 Å². The van der Waals surface area contributed by atoms with E-state index in [1.165, 1.54) is 11.1 Å². The van der Waals surface area contributed by atoms with E-state index in [0.29, 0.717) is 0 Å². The first-order chi connectivity index (χ1) is 9.25. The second-order valence-electron chi connectivity index (χ2n) is 5.07. The highest BCUT2D eigenvalue weighted by molar-refractivity contribution is 9.10. The summed E-state index contributed by atoms with van der Waals surface area (Å²) >= 11 is 3.58. The van der Waals surface area contributed by atoms with Gasteiger partial charge in [-0.2, -0.15) is 0 Å². The van der Waals surface area contributed by atoms with Crippen LogP contribution >= 0.6 is 15.9 Å². The van der Waals surface area contributed by atoms with Crippen LogP contribution in [-0.4, -0.2) is 47.0 Å². The molecule has 102 valence electrons. The highest BCUT2D eigenvalue weighted by Gasteiger charge is 2.13. The molecule has 0 aromatic carbocycles. The number of aromatic nitrogens is 2. The van der Waals surface area contributed by atoms with Crippen LogP contribution in [0.5, 0.6) is 0 Å². The van der Waals surface area contributed by atoms with Gasteiger partial charge in [0.15, 0.2) is 0 Å². The van der Waals surface area contributed by atoms with E-state index >= 15 is 0 Å². The van der Waals surface area contributed by atoms with Crippen LogP contribution < -0.4 is 5.32 Å². The van der Waals surface area contributed by atoms with Crippen molar-refractivity contribution in [3.63, 3.8) is 0 Å². The second kappa shape index (κ2) is 5.61. The van der Waals surface area contributed by atoms with Crippen LogP contribution in [0.4, 0.5) is 0 Å². The summed E-state index contributed by atoms with van der Waals surface area (Å²) in [5.74, 6) is 1.14. The van der Waals surface area contributed by atoms with Gasteiger partial charge in [0, 0.05) is 45.3 Å². The van der Waals surface area contributed by atoms with Gasteiger partial charge >= 0.3 is 0 Å². The van der Waals surface area contributed by atoms with E-state index in [9.17, 15) is 0 Å². The summed E-state index contributed by atoms with van der Waals surface area (Å²) in [5, 5.41) is 3.38. The average Bonchev–Trinajstić information content (AvgIpc) is 2.76. The van der Waals surface area contributed by atoms with Crippen molar-refractivity contribution in [2.24, 2.45) is 0 Å². The third-order valence-electron chi connectivity index (χ3n) is 3.76. The van der Waals surface area contributed by atoms with Gasteiger partial charge in [0.25, 0.3) is 0 Å². The topological polar surface area (TPSA) is 32.6 Å². The van der Waals surface area contributed by atoms with Gasteiger partial charge < -0.3 is 14.6 Å². The molecule has 3 heterocycles. The van der Waals surface area contributed by atoms with Gasteiger partial charge in [0.1, 0.15) is 10.4 Å². The molecule has 4 nitrogen and oxygen atoms in total. The van der Waals surface area contributed by atoms with Crippen molar-refractivity contribution >= 4 is 21.4 Å². The average molecular weight is 323 g/mol. The molecule has 0 amide bonds.